The van der Waals surface area contributed by atoms with Crippen LogP contribution in [-0.4, -0.2) is 43.0 Å². The summed E-state index contributed by atoms with van der Waals surface area (Å²) in [5.41, 5.74) is 2.16. The molecule has 0 aliphatic rings. The Hall–Kier alpha value is -2.41. The lowest BCUT2D eigenvalue weighted by atomic mass is 10.1. The van der Waals surface area contributed by atoms with Crippen LogP contribution in [0.2, 0.25) is 5.02 Å². The number of nitrogens with zero attached hydrogens (tertiary/aromatic N) is 2. The number of nitrogens with one attached hydrogen (secondary N) is 1. The molecule has 1 amide bonds. The summed E-state index contributed by atoms with van der Waals surface area (Å²) in [5, 5.41) is 5.77. The lowest BCUT2D eigenvalue weighted by Crippen LogP contribution is -2.19. The number of benzene rings is 2. The highest BCUT2D eigenvalue weighted by Crippen LogP contribution is 2.32. The normalized spacial score (nSPS) is 10.8. The molecule has 0 unspecified atom stereocenters. The highest BCUT2D eigenvalue weighted by atomic mass is 35.5. The number of anilines is 1. The molecule has 3 rings (SSSR count). The number of carbonyl (C=O) groups is 1. The molecule has 3 aromatic rings. The van der Waals surface area contributed by atoms with Crippen molar-refractivity contribution < 1.29 is 9.53 Å². The van der Waals surface area contributed by atoms with Crippen molar-refractivity contribution in [2.75, 3.05) is 32.6 Å². The Labute approximate surface area is 167 Å². The number of amides is 1. The third-order valence-electron chi connectivity index (χ3n) is 3.77. The van der Waals surface area contributed by atoms with Crippen molar-refractivity contribution >= 4 is 34.0 Å². The molecule has 0 radical (unpaired) electrons. The van der Waals surface area contributed by atoms with Gasteiger partial charge in [-0.2, -0.15) is 0 Å². The second kappa shape index (κ2) is 8.99. The summed E-state index contributed by atoms with van der Waals surface area (Å²) in [5.74, 6) is 0.534. The summed E-state index contributed by atoms with van der Waals surface area (Å²) < 4.78 is 5.90. The minimum Gasteiger partial charge on any atom is -0.492 e. The van der Waals surface area contributed by atoms with E-state index in [0.717, 1.165) is 23.6 Å². The van der Waals surface area contributed by atoms with Gasteiger partial charge in [-0.05, 0) is 44.4 Å². The number of aromatic nitrogens is 1. The minimum absolute atomic E-state index is 0.242. The van der Waals surface area contributed by atoms with E-state index in [-0.39, 0.29) is 5.91 Å². The van der Waals surface area contributed by atoms with Crippen LogP contribution in [0, 0.1) is 0 Å². The van der Waals surface area contributed by atoms with E-state index in [1.165, 1.54) is 11.3 Å². The van der Waals surface area contributed by atoms with Gasteiger partial charge in [0.15, 0.2) is 5.13 Å². The van der Waals surface area contributed by atoms with Crippen LogP contribution in [0.4, 0.5) is 5.13 Å². The van der Waals surface area contributed by atoms with Gasteiger partial charge in [-0.1, -0.05) is 29.8 Å². The Bertz CT molecular complexity index is 927. The van der Waals surface area contributed by atoms with Crippen molar-refractivity contribution in [3.63, 3.8) is 0 Å². The molecule has 0 fully saturated rings. The number of likely N-dealkylation sites (N-methyl/N-ethyl adjacent to an activating group) is 1. The van der Waals surface area contributed by atoms with E-state index in [0.29, 0.717) is 22.3 Å². The number of hydrogen-bond donors (Lipinski definition) is 1. The third-order valence-corrected chi connectivity index (χ3v) is 4.76. The first-order chi connectivity index (χ1) is 13.0. The SMILES string of the molecule is CN(C)CCOc1ccccc1-c1csc(NC(=O)c2cccc(Cl)c2)n1. The number of halogens is 1. The maximum absolute atomic E-state index is 12.4. The van der Waals surface area contributed by atoms with Crippen LogP contribution in [0.25, 0.3) is 11.3 Å². The number of thiazole rings is 1. The van der Waals surface area contributed by atoms with Gasteiger partial charge < -0.3 is 9.64 Å². The Morgan fingerprint density at radius 1 is 1.22 bits per heavy atom. The van der Waals surface area contributed by atoms with Crippen molar-refractivity contribution in [2.24, 2.45) is 0 Å². The number of para-hydroxylation sites is 1. The fourth-order valence-electron chi connectivity index (χ4n) is 2.40. The lowest BCUT2D eigenvalue weighted by Gasteiger charge is -2.13. The monoisotopic (exact) mass is 401 g/mol. The van der Waals surface area contributed by atoms with Gasteiger partial charge >= 0.3 is 0 Å². The highest BCUT2D eigenvalue weighted by molar-refractivity contribution is 7.14. The summed E-state index contributed by atoms with van der Waals surface area (Å²) in [4.78, 5) is 19.0. The molecule has 0 aliphatic carbocycles. The van der Waals surface area contributed by atoms with Crippen LogP contribution in [0.3, 0.4) is 0 Å². The molecule has 0 bridgehead atoms. The smallest absolute Gasteiger partial charge is 0.257 e. The Morgan fingerprint density at radius 2 is 2.04 bits per heavy atom. The van der Waals surface area contributed by atoms with Gasteiger partial charge in [0.05, 0.1) is 5.69 Å². The zero-order valence-electron chi connectivity index (χ0n) is 15.1. The quantitative estimate of drug-likeness (QED) is 0.625. The second-order valence-corrected chi connectivity index (χ2v) is 7.44. The number of hydrogen-bond acceptors (Lipinski definition) is 5. The molecule has 140 valence electrons. The van der Waals surface area contributed by atoms with Gasteiger partial charge in [0.2, 0.25) is 0 Å². The molecule has 7 heteroatoms. The van der Waals surface area contributed by atoms with Crippen molar-refractivity contribution in [1.29, 1.82) is 0 Å². The van der Waals surface area contributed by atoms with Gasteiger partial charge in [0, 0.05) is 28.1 Å². The van der Waals surface area contributed by atoms with Gasteiger partial charge in [-0.25, -0.2) is 4.98 Å². The number of rotatable bonds is 7. The molecule has 0 spiro atoms. The van der Waals surface area contributed by atoms with E-state index in [2.05, 4.69) is 15.2 Å². The minimum atomic E-state index is -0.242. The van der Waals surface area contributed by atoms with Crippen molar-refractivity contribution in [2.45, 2.75) is 0 Å². The second-order valence-electron chi connectivity index (χ2n) is 6.15. The van der Waals surface area contributed by atoms with Gasteiger partial charge in [-0.15, -0.1) is 11.3 Å². The van der Waals surface area contributed by atoms with Gasteiger partial charge in [0.25, 0.3) is 5.91 Å². The average molecular weight is 402 g/mol. The molecular weight excluding hydrogens is 382 g/mol. The fourth-order valence-corrected chi connectivity index (χ4v) is 3.29. The predicted molar refractivity (Wildman–Crippen MR) is 111 cm³/mol. The van der Waals surface area contributed by atoms with Crippen LogP contribution >= 0.6 is 22.9 Å². The summed E-state index contributed by atoms with van der Waals surface area (Å²) in [6, 6.07) is 14.6. The molecule has 0 aliphatic heterocycles. The number of ether oxygens (including phenoxy) is 1. The standard InChI is InChI=1S/C20H20ClN3O2S/c1-24(2)10-11-26-18-9-4-3-8-16(18)17-13-27-20(22-17)23-19(25)14-6-5-7-15(21)12-14/h3-9,12-13H,10-11H2,1-2H3,(H,22,23,25). The van der Waals surface area contributed by atoms with Crippen LogP contribution < -0.4 is 10.1 Å². The maximum Gasteiger partial charge on any atom is 0.257 e. The first-order valence-electron chi connectivity index (χ1n) is 8.42. The van der Waals surface area contributed by atoms with Crippen molar-refractivity contribution in [3.8, 4) is 17.0 Å². The van der Waals surface area contributed by atoms with Crippen LogP contribution in [0.1, 0.15) is 10.4 Å². The van der Waals surface area contributed by atoms with E-state index >= 15 is 0 Å². The molecule has 0 saturated carbocycles. The topological polar surface area (TPSA) is 54.5 Å². The Kier molecular flexibility index (Phi) is 6.45. The van der Waals surface area contributed by atoms with Crippen molar-refractivity contribution in [1.82, 2.24) is 9.88 Å². The van der Waals surface area contributed by atoms with E-state index < -0.39 is 0 Å². The van der Waals surface area contributed by atoms with E-state index in [9.17, 15) is 4.79 Å². The average Bonchev–Trinajstić information content (AvgIpc) is 3.10. The highest BCUT2D eigenvalue weighted by Gasteiger charge is 2.13. The van der Waals surface area contributed by atoms with Gasteiger partial charge in [0.1, 0.15) is 12.4 Å². The third kappa shape index (κ3) is 5.29. The van der Waals surface area contributed by atoms with Gasteiger partial charge in [-0.3, -0.25) is 10.1 Å². The zero-order valence-corrected chi connectivity index (χ0v) is 16.7. The molecular formula is C20H20ClN3O2S. The first-order valence-corrected chi connectivity index (χ1v) is 9.68. The van der Waals surface area contributed by atoms with E-state index in [4.69, 9.17) is 16.3 Å². The van der Waals surface area contributed by atoms with Crippen molar-refractivity contribution in [3.05, 3.63) is 64.5 Å². The molecule has 2 aromatic carbocycles. The summed E-state index contributed by atoms with van der Waals surface area (Å²) in [7, 11) is 4.01. The molecule has 5 nitrogen and oxygen atoms in total. The Balaban J connectivity index is 1.73. The van der Waals surface area contributed by atoms with Crippen LogP contribution in [0.5, 0.6) is 5.75 Å². The molecule has 1 aromatic heterocycles. The molecule has 1 heterocycles. The predicted octanol–water partition coefficient (Wildman–Crippen LogP) is 4.66. The zero-order chi connectivity index (χ0) is 19.2. The first kappa shape index (κ1) is 19.4. The largest absolute Gasteiger partial charge is 0.492 e. The molecule has 0 atom stereocenters. The lowest BCUT2D eigenvalue weighted by molar-refractivity contribution is 0.102. The number of carbonyl (C=O) groups excluding carboxylic acids is 1. The molecule has 1 N–H and O–H groups in total. The fraction of sp³-hybridized carbons (Fsp3) is 0.200. The summed E-state index contributed by atoms with van der Waals surface area (Å²) in [6.07, 6.45) is 0. The summed E-state index contributed by atoms with van der Waals surface area (Å²) in [6.45, 7) is 1.42. The molecule has 0 saturated heterocycles. The van der Waals surface area contributed by atoms with E-state index in [1.807, 2.05) is 43.7 Å². The van der Waals surface area contributed by atoms with Crippen LogP contribution in [-0.2, 0) is 0 Å². The summed E-state index contributed by atoms with van der Waals surface area (Å²) >= 11 is 7.31. The van der Waals surface area contributed by atoms with E-state index in [1.54, 1.807) is 24.3 Å². The van der Waals surface area contributed by atoms with Crippen LogP contribution in [0.15, 0.2) is 53.9 Å². The maximum atomic E-state index is 12.4. The Morgan fingerprint density at radius 3 is 2.81 bits per heavy atom. The molecule has 27 heavy (non-hydrogen) atoms.